The Morgan fingerprint density at radius 3 is 2.56 bits per heavy atom. The van der Waals surface area contributed by atoms with Crippen LogP contribution in [-0.4, -0.2) is 26.5 Å². The van der Waals surface area contributed by atoms with E-state index in [9.17, 15) is 9.59 Å². The lowest BCUT2D eigenvalue weighted by atomic mass is 10.1. The Kier molecular flexibility index (Phi) is 6.82. The van der Waals surface area contributed by atoms with E-state index in [0.717, 1.165) is 16.3 Å². The van der Waals surface area contributed by atoms with Gasteiger partial charge in [-0.05, 0) is 43.0 Å². The Morgan fingerprint density at radius 2 is 1.88 bits per heavy atom. The fourth-order valence-corrected chi connectivity index (χ4v) is 5.10. The van der Waals surface area contributed by atoms with E-state index in [1.807, 2.05) is 59.3 Å². The lowest BCUT2D eigenvalue weighted by Crippen LogP contribution is -2.19. The van der Waals surface area contributed by atoms with Gasteiger partial charge >= 0.3 is 0 Å². The molecular weight excluding hydrogens is 440 g/mol. The minimum Gasteiger partial charge on any atom is -0.325 e. The number of thioether (sulfide) groups is 1. The van der Waals surface area contributed by atoms with Gasteiger partial charge in [0.15, 0.2) is 16.8 Å². The number of hydrogen-bond donors (Lipinski definition) is 1. The van der Waals surface area contributed by atoms with Gasteiger partial charge in [0, 0.05) is 17.8 Å². The third-order valence-electron chi connectivity index (χ3n) is 4.87. The Morgan fingerprint density at radius 1 is 1.06 bits per heavy atom. The number of nitrogens with zero attached hydrogens (tertiary/aromatic N) is 3. The average molecular weight is 463 g/mol. The van der Waals surface area contributed by atoms with Gasteiger partial charge in [0.25, 0.3) is 0 Å². The molecule has 0 spiro atoms. The molecule has 1 N–H and O–H groups in total. The molecule has 32 heavy (non-hydrogen) atoms. The van der Waals surface area contributed by atoms with E-state index in [4.69, 9.17) is 0 Å². The van der Waals surface area contributed by atoms with Crippen LogP contribution in [0.4, 0.5) is 5.69 Å². The fraction of sp³-hybridized carbons (Fsp3) is 0.167. The maximum atomic E-state index is 13.4. The molecule has 0 radical (unpaired) electrons. The predicted octanol–water partition coefficient (Wildman–Crippen LogP) is 5.70. The molecular formula is C24H22N4O2S2. The standard InChI is InChI=1S/C24H22N4O2S2/c1-3-28-22(20-13-8-14-31-20)26-27-24(28)32-21(17-9-5-4-6-10-17)23(30)25-19-12-7-11-18(15-19)16(2)29/h4-15,21H,3H2,1-2H3,(H,25,30). The van der Waals surface area contributed by atoms with Gasteiger partial charge < -0.3 is 9.88 Å². The third-order valence-corrected chi connectivity index (χ3v) is 6.98. The number of hydrogen-bond acceptors (Lipinski definition) is 6. The van der Waals surface area contributed by atoms with Crippen molar-refractivity contribution in [2.75, 3.05) is 5.32 Å². The van der Waals surface area contributed by atoms with Crippen molar-refractivity contribution in [3.8, 4) is 10.7 Å². The summed E-state index contributed by atoms with van der Waals surface area (Å²) in [5.41, 5.74) is 2.00. The van der Waals surface area contributed by atoms with E-state index in [0.29, 0.717) is 23.0 Å². The quantitative estimate of drug-likeness (QED) is 0.268. The van der Waals surface area contributed by atoms with Crippen molar-refractivity contribution in [1.82, 2.24) is 14.8 Å². The second kappa shape index (κ2) is 9.93. The van der Waals surface area contributed by atoms with Gasteiger partial charge in [0.1, 0.15) is 5.25 Å². The molecule has 0 fully saturated rings. The normalized spacial score (nSPS) is 11.8. The molecule has 0 saturated heterocycles. The molecule has 162 valence electrons. The number of thiophene rings is 1. The van der Waals surface area contributed by atoms with Crippen LogP contribution in [0.15, 0.2) is 77.3 Å². The Hall–Kier alpha value is -3.23. The fourth-order valence-electron chi connectivity index (χ4n) is 3.28. The van der Waals surface area contributed by atoms with Crippen molar-refractivity contribution in [2.45, 2.75) is 30.8 Å². The Labute approximate surface area is 194 Å². The van der Waals surface area contributed by atoms with Crippen LogP contribution in [0.2, 0.25) is 0 Å². The zero-order valence-corrected chi connectivity index (χ0v) is 19.3. The van der Waals surface area contributed by atoms with Crippen LogP contribution in [0.3, 0.4) is 0 Å². The summed E-state index contributed by atoms with van der Waals surface area (Å²) in [6, 6.07) is 20.6. The molecule has 1 unspecified atom stereocenters. The van der Waals surface area contributed by atoms with Crippen molar-refractivity contribution < 1.29 is 9.59 Å². The first kappa shape index (κ1) is 22.0. The molecule has 0 bridgehead atoms. The first-order valence-electron chi connectivity index (χ1n) is 10.2. The highest BCUT2D eigenvalue weighted by Crippen LogP contribution is 2.37. The summed E-state index contributed by atoms with van der Waals surface area (Å²) in [7, 11) is 0. The van der Waals surface area contributed by atoms with Crippen LogP contribution in [0.5, 0.6) is 0 Å². The largest absolute Gasteiger partial charge is 0.325 e. The smallest absolute Gasteiger partial charge is 0.242 e. The SMILES string of the molecule is CCn1c(SC(C(=O)Nc2cccc(C(C)=O)c2)c2ccccc2)nnc1-c1cccs1. The molecule has 1 amide bonds. The van der Waals surface area contributed by atoms with E-state index in [1.165, 1.54) is 18.7 Å². The molecule has 2 aromatic heterocycles. The number of Topliss-reactive ketones (excluding diaryl/α,β-unsaturated/α-hetero) is 1. The number of ketones is 1. The highest BCUT2D eigenvalue weighted by molar-refractivity contribution is 8.00. The molecule has 8 heteroatoms. The van der Waals surface area contributed by atoms with Gasteiger partial charge in [0.05, 0.1) is 4.88 Å². The van der Waals surface area contributed by atoms with Gasteiger partial charge in [-0.3, -0.25) is 9.59 Å². The zero-order valence-electron chi connectivity index (χ0n) is 17.7. The molecule has 6 nitrogen and oxygen atoms in total. The van der Waals surface area contributed by atoms with Crippen LogP contribution in [0.25, 0.3) is 10.7 Å². The second-order valence-corrected chi connectivity index (χ2v) is 9.08. The minimum atomic E-state index is -0.539. The lowest BCUT2D eigenvalue weighted by Gasteiger charge is -2.17. The zero-order chi connectivity index (χ0) is 22.5. The van der Waals surface area contributed by atoms with Crippen LogP contribution in [-0.2, 0) is 11.3 Å². The second-order valence-electron chi connectivity index (χ2n) is 7.06. The van der Waals surface area contributed by atoms with Crippen molar-refractivity contribution in [3.05, 3.63) is 83.2 Å². The Bertz CT molecular complexity index is 1220. The van der Waals surface area contributed by atoms with E-state index in [1.54, 1.807) is 35.6 Å². The molecule has 0 saturated carbocycles. The van der Waals surface area contributed by atoms with E-state index < -0.39 is 5.25 Å². The molecule has 1 atom stereocenters. The molecule has 4 rings (SSSR count). The predicted molar refractivity (Wildman–Crippen MR) is 129 cm³/mol. The number of benzene rings is 2. The molecule has 0 aliphatic rings. The summed E-state index contributed by atoms with van der Waals surface area (Å²) in [5, 5.41) is 13.9. The molecule has 0 aliphatic carbocycles. The number of amides is 1. The van der Waals surface area contributed by atoms with Gasteiger partial charge in [-0.1, -0.05) is 60.3 Å². The van der Waals surface area contributed by atoms with Gasteiger partial charge in [0.2, 0.25) is 5.91 Å². The van der Waals surface area contributed by atoms with Crippen LogP contribution in [0.1, 0.15) is 35.0 Å². The van der Waals surface area contributed by atoms with Gasteiger partial charge in [-0.2, -0.15) is 0 Å². The van der Waals surface area contributed by atoms with Gasteiger partial charge in [-0.25, -0.2) is 0 Å². The first-order chi connectivity index (χ1) is 15.6. The summed E-state index contributed by atoms with van der Waals surface area (Å²) < 4.78 is 2.02. The highest BCUT2D eigenvalue weighted by atomic mass is 32.2. The number of aromatic nitrogens is 3. The van der Waals surface area contributed by atoms with Crippen molar-refractivity contribution in [2.24, 2.45) is 0 Å². The number of carbonyl (C=O) groups excluding carboxylic acids is 2. The van der Waals surface area contributed by atoms with Gasteiger partial charge in [-0.15, -0.1) is 21.5 Å². The summed E-state index contributed by atoms with van der Waals surface area (Å²) in [4.78, 5) is 26.1. The van der Waals surface area contributed by atoms with Crippen LogP contribution < -0.4 is 5.32 Å². The summed E-state index contributed by atoms with van der Waals surface area (Å²) in [6.07, 6.45) is 0. The number of carbonyl (C=O) groups is 2. The maximum absolute atomic E-state index is 13.4. The van der Waals surface area contributed by atoms with Crippen molar-refractivity contribution in [3.63, 3.8) is 0 Å². The summed E-state index contributed by atoms with van der Waals surface area (Å²) in [5.74, 6) is 0.559. The third kappa shape index (κ3) is 4.81. The number of nitrogens with one attached hydrogen (secondary N) is 1. The highest BCUT2D eigenvalue weighted by Gasteiger charge is 2.26. The first-order valence-corrected chi connectivity index (χ1v) is 11.9. The average Bonchev–Trinajstić information content (AvgIpc) is 3.47. The molecule has 2 aromatic carbocycles. The summed E-state index contributed by atoms with van der Waals surface area (Å²) >= 11 is 2.97. The lowest BCUT2D eigenvalue weighted by molar-refractivity contribution is -0.115. The number of anilines is 1. The topological polar surface area (TPSA) is 76.9 Å². The molecule has 0 aliphatic heterocycles. The Balaban J connectivity index is 1.65. The number of rotatable bonds is 8. The molecule has 4 aromatic rings. The minimum absolute atomic E-state index is 0.0489. The van der Waals surface area contributed by atoms with E-state index in [-0.39, 0.29) is 11.7 Å². The van der Waals surface area contributed by atoms with Crippen LogP contribution in [0, 0.1) is 0 Å². The monoisotopic (exact) mass is 462 g/mol. The van der Waals surface area contributed by atoms with Crippen molar-refractivity contribution in [1.29, 1.82) is 0 Å². The van der Waals surface area contributed by atoms with Crippen LogP contribution >= 0.6 is 23.1 Å². The van der Waals surface area contributed by atoms with E-state index in [2.05, 4.69) is 15.5 Å². The van der Waals surface area contributed by atoms with Crippen molar-refractivity contribution >= 4 is 40.5 Å². The molecule has 2 heterocycles. The summed E-state index contributed by atoms with van der Waals surface area (Å²) in [6.45, 7) is 4.23. The van der Waals surface area contributed by atoms with E-state index >= 15 is 0 Å². The maximum Gasteiger partial charge on any atom is 0.242 e.